The molecule has 1 unspecified atom stereocenters. The first-order valence-electron chi connectivity index (χ1n) is 6.61. The lowest BCUT2D eigenvalue weighted by Gasteiger charge is -2.29. The number of hydrogen-bond acceptors (Lipinski definition) is 2. The lowest BCUT2D eigenvalue weighted by Crippen LogP contribution is -2.46. The van der Waals surface area contributed by atoms with Gasteiger partial charge in [-0.25, -0.2) is 0 Å². The van der Waals surface area contributed by atoms with E-state index >= 15 is 0 Å². The summed E-state index contributed by atoms with van der Waals surface area (Å²) in [4.78, 5) is 12.1. The lowest BCUT2D eigenvalue weighted by molar-refractivity contribution is -0.127. The molecule has 1 aliphatic carbocycles. The summed E-state index contributed by atoms with van der Waals surface area (Å²) in [6.07, 6.45) is 5.94. The minimum Gasteiger partial charge on any atom is -0.351 e. The third-order valence-corrected chi connectivity index (χ3v) is 4.16. The molecule has 1 amide bonds. The first-order valence-corrected chi connectivity index (χ1v) is 6.61. The largest absolute Gasteiger partial charge is 0.351 e. The lowest BCUT2D eigenvalue weighted by atomic mass is 9.85. The van der Waals surface area contributed by atoms with Gasteiger partial charge in [0.15, 0.2) is 0 Å². The molecule has 2 fully saturated rings. The molecule has 92 valence electrons. The highest BCUT2D eigenvalue weighted by atomic mass is 16.2. The molecule has 3 heteroatoms. The topological polar surface area (TPSA) is 41.1 Å². The van der Waals surface area contributed by atoms with Crippen LogP contribution in [-0.2, 0) is 4.79 Å². The molecule has 0 aromatic heterocycles. The summed E-state index contributed by atoms with van der Waals surface area (Å²) in [6.45, 7) is 6.37. The maximum Gasteiger partial charge on any atom is 0.223 e. The zero-order valence-electron chi connectivity index (χ0n) is 10.5. The van der Waals surface area contributed by atoms with Gasteiger partial charge in [-0.1, -0.05) is 33.1 Å². The molecule has 1 aliphatic heterocycles. The van der Waals surface area contributed by atoms with E-state index in [0.29, 0.717) is 11.9 Å². The predicted octanol–water partition coefficient (Wildman–Crippen LogP) is 1.68. The molecule has 1 saturated carbocycles. The van der Waals surface area contributed by atoms with Crippen molar-refractivity contribution in [2.45, 2.75) is 52.0 Å². The standard InChI is InChI=1S/C13H24N2O/c1-13(2)9-14-8-11(13)15-12(16)10-6-4-3-5-7-10/h10-11,14H,3-9H2,1-2H3,(H,15,16). The van der Waals surface area contributed by atoms with Gasteiger partial charge in [0, 0.05) is 25.0 Å². The molecule has 1 atom stereocenters. The number of rotatable bonds is 2. The van der Waals surface area contributed by atoms with Crippen LogP contribution < -0.4 is 10.6 Å². The third-order valence-electron chi connectivity index (χ3n) is 4.16. The van der Waals surface area contributed by atoms with Crippen molar-refractivity contribution in [1.29, 1.82) is 0 Å². The van der Waals surface area contributed by atoms with Crippen LogP contribution in [0.4, 0.5) is 0 Å². The van der Waals surface area contributed by atoms with Gasteiger partial charge in [0.1, 0.15) is 0 Å². The Morgan fingerprint density at radius 2 is 1.94 bits per heavy atom. The van der Waals surface area contributed by atoms with Crippen LogP contribution in [-0.4, -0.2) is 25.0 Å². The molecule has 1 saturated heterocycles. The van der Waals surface area contributed by atoms with Crippen LogP contribution in [0.1, 0.15) is 46.0 Å². The first-order chi connectivity index (χ1) is 7.59. The van der Waals surface area contributed by atoms with E-state index in [0.717, 1.165) is 25.9 Å². The van der Waals surface area contributed by atoms with Crippen molar-refractivity contribution in [2.24, 2.45) is 11.3 Å². The zero-order valence-corrected chi connectivity index (χ0v) is 10.5. The second-order valence-corrected chi connectivity index (χ2v) is 6.02. The van der Waals surface area contributed by atoms with E-state index < -0.39 is 0 Å². The summed E-state index contributed by atoms with van der Waals surface area (Å²) in [7, 11) is 0. The van der Waals surface area contributed by atoms with Gasteiger partial charge in [0.25, 0.3) is 0 Å². The van der Waals surface area contributed by atoms with Crippen molar-refractivity contribution in [1.82, 2.24) is 10.6 Å². The molecule has 0 spiro atoms. The van der Waals surface area contributed by atoms with Crippen molar-refractivity contribution in [3.05, 3.63) is 0 Å². The Balaban J connectivity index is 1.86. The van der Waals surface area contributed by atoms with Crippen molar-refractivity contribution < 1.29 is 4.79 Å². The number of carbonyl (C=O) groups is 1. The van der Waals surface area contributed by atoms with Gasteiger partial charge >= 0.3 is 0 Å². The van der Waals surface area contributed by atoms with E-state index in [1.54, 1.807) is 0 Å². The maximum absolute atomic E-state index is 12.1. The highest BCUT2D eigenvalue weighted by molar-refractivity contribution is 5.79. The maximum atomic E-state index is 12.1. The van der Waals surface area contributed by atoms with Gasteiger partial charge in [0.2, 0.25) is 5.91 Å². The zero-order chi connectivity index (χ0) is 11.6. The Bertz CT molecular complexity index is 257. The minimum absolute atomic E-state index is 0.199. The van der Waals surface area contributed by atoms with Crippen LogP contribution in [0.25, 0.3) is 0 Å². The summed E-state index contributed by atoms with van der Waals surface area (Å²) in [5.74, 6) is 0.576. The minimum atomic E-state index is 0.199. The van der Waals surface area contributed by atoms with E-state index in [-0.39, 0.29) is 11.3 Å². The Morgan fingerprint density at radius 3 is 2.50 bits per heavy atom. The molecule has 0 aromatic carbocycles. The molecular weight excluding hydrogens is 200 g/mol. The molecule has 16 heavy (non-hydrogen) atoms. The molecule has 0 radical (unpaired) electrons. The Labute approximate surface area is 98.4 Å². The van der Waals surface area contributed by atoms with Crippen LogP contribution in [0.5, 0.6) is 0 Å². The Hall–Kier alpha value is -0.570. The van der Waals surface area contributed by atoms with Gasteiger partial charge in [-0.3, -0.25) is 4.79 Å². The normalized spacial score (nSPS) is 30.2. The molecule has 0 aromatic rings. The Kier molecular flexibility index (Phi) is 3.53. The highest BCUT2D eigenvalue weighted by Crippen LogP contribution is 2.27. The van der Waals surface area contributed by atoms with Crippen LogP contribution in [0.15, 0.2) is 0 Å². The average molecular weight is 224 g/mol. The summed E-state index contributed by atoms with van der Waals surface area (Å²) in [5, 5.41) is 6.59. The second-order valence-electron chi connectivity index (χ2n) is 6.02. The fraction of sp³-hybridized carbons (Fsp3) is 0.923. The monoisotopic (exact) mass is 224 g/mol. The van der Waals surface area contributed by atoms with E-state index in [2.05, 4.69) is 24.5 Å². The van der Waals surface area contributed by atoms with Gasteiger partial charge in [0.05, 0.1) is 0 Å². The van der Waals surface area contributed by atoms with Crippen LogP contribution >= 0.6 is 0 Å². The van der Waals surface area contributed by atoms with Crippen LogP contribution in [0.2, 0.25) is 0 Å². The SMILES string of the molecule is CC1(C)CNCC1NC(=O)C1CCCCC1. The number of nitrogens with one attached hydrogen (secondary N) is 2. The summed E-state index contributed by atoms with van der Waals surface area (Å²) >= 11 is 0. The molecule has 2 rings (SSSR count). The molecule has 2 aliphatic rings. The van der Waals surface area contributed by atoms with Gasteiger partial charge in [-0.2, -0.15) is 0 Å². The van der Waals surface area contributed by atoms with E-state index in [9.17, 15) is 4.79 Å². The van der Waals surface area contributed by atoms with Crippen molar-refractivity contribution in [3.8, 4) is 0 Å². The third kappa shape index (κ3) is 2.57. The molecule has 1 heterocycles. The van der Waals surface area contributed by atoms with Gasteiger partial charge in [-0.15, -0.1) is 0 Å². The van der Waals surface area contributed by atoms with E-state index in [1.807, 2.05) is 0 Å². The Morgan fingerprint density at radius 1 is 1.25 bits per heavy atom. The first kappa shape index (κ1) is 11.9. The number of carbonyl (C=O) groups excluding carboxylic acids is 1. The summed E-state index contributed by atoms with van der Waals surface area (Å²) in [6, 6.07) is 0.307. The second kappa shape index (κ2) is 4.74. The van der Waals surface area contributed by atoms with Crippen molar-refractivity contribution >= 4 is 5.91 Å². The highest BCUT2D eigenvalue weighted by Gasteiger charge is 2.36. The van der Waals surface area contributed by atoms with Crippen LogP contribution in [0.3, 0.4) is 0 Å². The van der Waals surface area contributed by atoms with E-state index in [4.69, 9.17) is 0 Å². The van der Waals surface area contributed by atoms with Gasteiger partial charge in [-0.05, 0) is 18.3 Å². The quantitative estimate of drug-likeness (QED) is 0.749. The molecular formula is C13H24N2O. The van der Waals surface area contributed by atoms with E-state index in [1.165, 1.54) is 19.3 Å². The van der Waals surface area contributed by atoms with Crippen molar-refractivity contribution in [3.63, 3.8) is 0 Å². The smallest absolute Gasteiger partial charge is 0.223 e. The average Bonchev–Trinajstić information content (AvgIpc) is 2.59. The number of amides is 1. The molecule has 3 nitrogen and oxygen atoms in total. The number of hydrogen-bond donors (Lipinski definition) is 2. The van der Waals surface area contributed by atoms with Crippen LogP contribution in [0, 0.1) is 11.3 Å². The fourth-order valence-corrected chi connectivity index (χ4v) is 2.84. The summed E-state index contributed by atoms with van der Waals surface area (Å²) in [5.41, 5.74) is 0.199. The fourth-order valence-electron chi connectivity index (χ4n) is 2.84. The predicted molar refractivity (Wildman–Crippen MR) is 65.2 cm³/mol. The molecule has 2 N–H and O–H groups in total. The van der Waals surface area contributed by atoms with Crippen molar-refractivity contribution in [2.75, 3.05) is 13.1 Å². The molecule has 0 bridgehead atoms. The summed E-state index contributed by atoms with van der Waals surface area (Å²) < 4.78 is 0. The van der Waals surface area contributed by atoms with Gasteiger partial charge < -0.3 is 10.6 Å².